The van der Waals surface area contributed by atoms with Crippen LogP contribution in [0.5, 0.6) is 0 Å². The standard InChI is InChI=1S/C57H34N4OS/c1-2-16-36-32-49-47(31-35(36)15-1)39-20-7-9-25-48(39)61(49)51-45(30-29-43-42-28-27-34-14-4-6-19-38(34)53(42)63-54(43)51)56-58-55(44-23-11-17-33-13-3-5-18-37(33)44)59-57(60-56)46-24-12-22-41-40-21-8-10-26-50(40)62-52(41)46/h1-32,55H,(H,58,59,60)/t55-/m1/s1. The number of benzene rings is 10. The van der Waals surface area contributed by atoms with Gasteiger partial charge in [0.05, 0.1) is 27.0 Å². The number of amidine groups is 2. The summed E-state index contributed by atoms with van der Waals surface area (Å²) in [5.74, 6) is 1.37. The molecule has 0 radical (unpaired) electrons. The van der Waals surface area contributed by atoms with Gasteiger partial charge < -0.3 is 14.3 Å². The van der Waals surface area contributed by atoms with Crippen LogP contribution in [0.4, 0.5) is 0 Å². The Kier molecular flexibility index (Phi) is 7.27. The van der Waals surface area contributed by atoms with Gasteiger partial charge in [-0.15, -0.1) is 11.3 Å². The van der Waals surface area contributed by atoms with Crippen molar-refractivity contribution in [2.75, 3.05) is 0 Å². The molecule has 1 N–H and O–H groups in total. The maximum absolute atomic E-state index is 6.66. The fourth-order valence-electron chi connectivity index (χ4n) is 10.1. The van der Waals surface area contributed by atoms with Gasteiger partial charge in [0.15, 0.2) is 5.84 Å². The van der Waals surface area contributed by atoms with Gasteiger partial charge in [-0.25, -0.2) is 9.98 Å². The normalized spacial score (nSPS) is 14.5. The average Bonchev–Trinajstić information content (AvgIpc) is 4.02. The van der Waals surface area contributed by atoms with E-state index in [1.165, 1.54) is 52.5 Å². The Morgan fingerprint density at radius 1 is 0.460 bits per heavy atom. The van der Waals surface area contributed by atoms with Gasteiger partial charge in [-0.1, -0.05) is 158 Å². The van der Waals surface area contributed by atoms with Crippen LogP contribution in [0.15, 0.2) is 209 Å². The first-order chi connectivity index (χ1) is 31.2. The van der Waals surface area contributed by atoms with Crippen molar-refractivity contribution in [3.05, 3.63) is 211 Å². The van der Waals surface area contributed by atoms with Crippen LogP contribution in [-0.4, -0.2) is 16.2 Å². The number of hydrogen-bond donors (Lipinski definition) is 1. The molecule has 0 saturated carbocycles. The molecule has 0 unspecified atom stereocenters. The van der Waals surface area contributed by atoms with Crippen LogP contribution in [0.25, 0.3) is 102 Å². The molecule has 0 amide bonds. The van der Waals surface area contributed by atoms with E-state index in [0.717, 1.165) is 72.0 Å². The van der Waals surface area contributed by atoms with Crippen molar-refractivity contribution in [1.29, 1.82) is 0 Å². The Morgan fingerprint density at radius 2 is 1.11 bits per heavy atom. The molecule has 1 atom stereocenters. The first-order valence-corrected chi connectivity index (χ1v) is 22.2. The molecule has 6 heteroatoms. The summed E-state index contributed by atoms with van der Waals surface area (Å²) >= 11 is 1.87. The number of hydrogen-bond acceptors (Lipinski definition) is 5. The fourth-order valence-corrected chi connectivity index (χ4v) is 11.5. The van der Waals surface area contributed by atoms with E-state index in [4.69, 9.17) is 14.4 Å². The van der Waals surface area contributed by atoms with Crippen molar-refractivity contribution < 1.29 is 4.42 Å². The Balaban J connectivity index is 1.11. The lowest BCUT2D eigenvalue weighted by atomic mass is 10.0. The third-order valence-corrected chi connectivity index (χ3v) is 14.3. The van der Waals surface area contributed by atoms with Crippen molar-refractivity contribution in [1.82, 2.24) is 9.88 Å². The van der Waals surface area contributed by atoms with E-state index in [2.05, 4.69) is 192 Å². The number of aromatic nitrogens is 1. The van der Waals surface area contributed by atoms with E-state index in [0.29, 0.717) is 5.84 Å². The first kappa shape index (κ1) is 34.6. The van der Waals surface area contributed by atoms with Crippen LogP contribution >= 0.6 is 11.3 Å². The molecule has 3 aromatic heterocycles. The third kappa shape index (κ3) is 5.10. The molecule has 14 rings (SSSR count). The van der Waals surface area contributed by atoms with E-state index in [-0.39, 0.29) is 0 Å². The van der Waals surface area contributed by atoms with Gasteiger partial charge in [-0.3, -0.25) is 0 Å². The highest BCUT2D eigenvalue weighted by Crippen LogP contribution is 2.46. The number of aliphatic imine (C=N–C) groups is 2. The van der Waals surface area contributed by atoms with Crippen molar-refractivity contribution in [2.24, 2.45) is 9.98 Å². The molecular weight excluding hydrogens is 789 g/mol. The molecule has 0 aliphatic carbocycles. The largest absolute Gasteiger partial charge is 0.455 e. The lowest BCUT2D eigenvalue weighted by Crippen LogP contribution is -2.34. The zero-order chi connectivity index (χ0) is 41.2. The number of thiophene rings is 1. The minimum atomic E-state index is -0.449. The van der Waals surface area contributed by atoms with Gasteiger partial charge in [0.25, 0.3) is 0 Å². The molecular formula is C57H34N4OS. The molecule has 1 aliphatic heterocycles. The SMILES string of the molecule is c1ccc2cc3c(cc2c1)c1ccccc1n3-c1c(C2=NC(c3cccc4c3oc3ccccc34)=N[C@H](c3cccc4ccccc34)N2)ccc2c1sc1c3ccccc3ccc21. The highest BCUT2D eigenvalue weighted by atomic mass is 32.1. The Hall–Kier alpha value is -8.06. The smallest absolute Gasteiger partial charge is 0.163 e. The monoisotopic (exact) mass is 822 g/mol. The highest BCUT2D eigenvalue weighted by Gasteiger charge is 2.29. The molecule has 294 valence electrons. The predicted octanol–water partition coefficient (Wildman–Crippen LogP) is 15.0. The second-order valence-corrected chi connectivity index (χ2v) is 17.5. The molecule has 0 spiro atoms. The summed E-state index contributed by atoms with van der Waals surface area (Å²) in [4.78, 5) is 11.1. The summed E-state index contributed by atoms with van der Waals surface area (Å²) in [6.45, 7) is 0. The maximum Gasteiger partial charge on any atom is 0.163 e. The topological polar surface area (TPSA) is 54.8 Å². The third-order valence-electron chi connectivity index (χ3n) is 13.0. The molecule has 0 saturated heterocycles. The first-order valence-electron chi connectivity index (χ1n) is 21.3. The number of para-hydroxylation sites is 3. The van der Waals surface area contributed by atoms with Crippen molar-refractivity contribution in [3.8, 4) is 5.69 Å². The summed E-state index contributed by atoms with van der Waals surface area (Å²) < 4.78 is 11.6. The van der Waals surface area contributed by atoms with Crippen LogP contribution in [0.1, 0.15) is 22.9 Å². The lowest BCUT2D eigenvalue weighted by Gasteiger charge is -2.26. The second-order valence-electron chi connectivity index (χ2n) is 16.5. The summed E-state index contributed by atoms with van der Waals surface area (Å²) in [5.41, 5.74) is 7.92. The van der Waals surface area contributed by atoms with Gasteiger partial charge in [-0.2, -0.15) is 0 Å². The molecule has 0 fully saturated rings. The molecule has 5 nitrogen and oxygen atoms in total. The summed E-state index contributed by atoms with van der Waals surface area (Å²) in [7, 11) is 0. The van der Waals surface area contributed by atoms with Crippen LogP contribution in [0.3, 0.4) is 0 Å². The van der Waals surface area contributed by atoms with Crippen molar-refractivity contribution in [3.63, 3.8) is 0 Å². The minimum absolute atomic E-state index is 0.449. The van der Waals surface area contributed by atoms with E-state index >= 15 is 0 Å². The molecule has 63 heavy (non-hydrogen) atoms. The van der Waals surface area contributed by atoms with Gasteiger partial charge in [0.2, 0.25) is 0 Å². The Bertz CT molecular complexity index is 4140. The summed E-state index contributed by atoms with van der Waals surface area (Å²) in [6.07, 6.45) is -0.449. The Labute approximate surface area is 364 Å². The van der Waals surface area contributed by atoms with Gasteiger partial charge in [0, 0.05) is 48.1 Å². The van der Waals surface area contributed by atoms with Gasteiger partial charge >= 0.3 is 0 Å². The number of fused-ring (bicyclic) bond motifs is 13. The second kappa shape index (κ2) is 13.2. The summed E-state index contributed by atoms with van der Waals surface area (Å²) in [5, 5.41) is 18.1. The maximum atomic E-state index is 6.66. The van der Waals surface area contributed by atoms with Crippen LogP contribution in [0.2, 0.25) is 0 Å². The van der Waals surface area contributed by atoms with Gasteiger partial charge in [-0.05, 0) is 68.7 Å². The number of nitrogens with one attached hydrogen (secondary N) is 1. The quantitative estimate of drug-likeness (QED) is 0.192. The molecule has 1 aliphatic rings. The van der Waals surface area contributed by atoms with E-state index in [1.807, 2.05) is 23.5 Å². The van der Waals surface area contributed by atoms with E-state index < -0.39 is 6.17 Å². The van der Waals surface area contributed by atoms with Crippen molar-refractivity contribution >= 4 is 119 Å². The van der Waals surface area contributed by atoms with Crippen LogP contribution < -0.4 is 5.32 Å². The number of furan rings is 1. The lowest BCUT2D eigenvalue weighted by molar-refractivity contribution is 0.664. The average molecular weight is 823 g/mol. The zero-order valence-electron chi connectivity index (χ0n) is 33.7. The van der Waals surface area contributed by atoms with Gasteiger partial charge in [0.1, 0.15) is 23.2 Å². The van der Waals surface area contributed by atoms with Crippen molar-refractivity contribution in [2.45, 2.75) is 6.17 Å². The molecule has 4 heterocycles. The highest BCUT2D eigenvalue weighted by molar-refractivity contribution is 7.27. The van der Waals surface area contributed by atoms with Crippen LogP contribution in [0, 0.1) is 0 Å². The molecule has 10 aromatic carbocycles. The van der Waals surface area contributed by atoms with E-state index in [1.54, 1.807) is 0 Å². The molecule has 13 aromatic rings. The number of nitrogens with zero attached hydrogens (tertiary/aromatic N) is 3. The minimum Gasteiger partial charge on any atom is -0.455 e. The number of rotatable bonds is 4. The zero-order valence-corrected chi connectivity index (χ0v) is 34.5. The predicted molar refractivity (Wildman–Crippen MR) is 265 cm³/mol. The summed E-state index contributed by atoms with van der Waals surface area (Å²) in [6, 6.07) is 69.6. The molecule has 0 bridgehead atoms. The Morgan fingerprint density at radius 3 is 1.98 bits per heavy atom. The van der Waals surface area contributed by atoms with Crippen LogP contribution in [-0.2, 0) is 0 Å². The van der Waals surface area contributed by atoms with E-state index in [9.17, 15) is 0 Å². The fraction of sp³-hybridized carbons (Fsp3) is 0.0175.